The van der Waals surface area contributed by atoms with Crippen LogP contribution >= 0.6 is 0 Å². The van der Waals surface area contributed by atoms with E-state index in [0.29, 0.717) is 0 Å². The van der Waals surface area contributed by atoms with Gasteiger partial charge < -0.3 is 171 Å². The Labute approximate surface area is 405 Å². The zero-order valence-corrected chi connectivity index (χ0v) is 37.9. The quantitative estimate of drug-likeness (QED) is 0.0682. The number of carboxylic acids is 4. The van der Waals surface area contributed by atoms with Crippen LogP contribution in [0.2, 0.25) is 0 Å². The largest absolute Gasteiger partial charge is 0.544 e. The molecule has 0 aromatic heterocycles. The number of ether oxygens (including phenoxy) is 4. The van der Waals surface area contributed by atoms with Crippen molar-refractivity contribution in [2.24, 2.45) is 11.8 Å². The van der Waals surface area contributed by atoms with Crippen LogP contribution in [0.4, 0.5) is 0 Å². The third kappa shape index (κ3) is 16.4. The molecule has 4 rings (SSSR count). The van der Waals surface area contributed by atoms with Gasteiger partial charge in [0.1, 0.15) is 97.1 Å². The standard InChI is InChI=1S/2C10H18O8.2C9H16O9/c2*1-4-5(12)2-10(17,9(15)16)18-8(4)7(14)6(13)3-11;2*10-2-4(12)6(14)7-5(13)3(11)1-9(17,18-7)8(15)16/h2*4-8,11-14,17H,2-3H2,1H3,(H,15,16);2*3-7,10-14,17H,1-2H2,(H,15,16)/p-4/t2*4-,5-,6-,7-,8?,10-;2*3-,4-,5-,6-,7?,9-/m1111/s1. The van der Waals surface area contributed by atoms with Crippen molar-refractivity contribution >= 4 is 23.9 Å². The van der Waals surface area contributed by atoms with Crippen molar-refractivity contribution in [1.82, 2.24) is 0 Å². The van der Waals surface area contributed by atoms with Crippen molar-refractivity contribution in [2.75, 3.05) is 26.4 Å². The molecular formula is C38H64O34-4. The Hall–Kier alpha value is -3.16. The van der Waals surface area contributed by atoms with Gasteiger partial charge in [0.15, 0.2) is 0 Å². The second kappa shape index (κ2) is 27.6. The summed E-state index contributed by atoms with van der Waals surface area (Å²) in [6, 6.07) is 0. The summed E-state index contributed by atoms with van der Waals surface area (Å²) in [5.74, 6) is -20.7. The molecule has 4 saturated heterocycles. The molecule has 0 amide bonds. The lowest BCUT2D eigenvalue weighted by Gasteiger charge is -2.45. The van der Waals surface area contributed by atoms with Crippen LogP contribution in [0.25, 0.3) is 0 Å². The highest BCUT2D eigenvalue weighted by atomic mass is 16.7. The molecule has 0 radical (unpaired) electrons. The SMILES string of the molecule is C[C@H]1C([C@H](O)[C@H](O)CO)O[C@@](O)(C(=O)[O-])C[C@H]1O.C[C@H]1C([C@H](O)[C@H](O)CO)O[C@@](O)(C(=O)[O-])C[C@H]1O.O=C([O-])[C@@]1(O)C[C@@H](O)[C@@H](O)C([C@H](O)[C@H](O)CO)O1.O=C([O-])[C@@]1(O)C[C@@H](O)[C@@H](O)C([C@H](O)[C@H](O)CO)O1. The molecule has 4 fully saturated rings. The van der Waals surface area contributed by atoms with Crippen molar-refractivity contribution in [2.45, 2.75) is 173 Å². The first-order valence-electron chi connectivity index (χ1n) is 21.3. The fraction of sp³-hybridized carbons (Fsp3) is 0.895. The van der Waals surface area contributed by atoms with Crippen LogP contribution in [-0.2, 0) is 38.1 Å². The van der Waals surface area contributed by atoms with Gasteiger partial charge in [0.25, 0.3) is 0 Å². The summed E-state index contributed by atoms with van der Waals surface area (Å²) < 4.78 is 18.8. The van der Waals surface area contributed by atoms with E-state index in [9.17, 15) is 132 Å². The van der Waals surface area contributed by atoms with Crippen molar-refractivity contribution in [3.63, 3.8) is 0 Å². The topological polar surface area (TPSA) is 643 Å². The van der Waals surface area contributed by atoms with Crippen LogP contribution in [0.3, 0.4) is 0 Å². The summed E-state index contributed by atoms with van der Waals surface area (Å²) >= 11 is 0. The van der Waals surface area contributed by atoms with E-state index >= 15 is 0 Å². The highest BCUT2D eigenvalue weighted by Crippen LogP contribution is 2.35. The average Bonchev–Trinajstić information content (AvgIpc) is 3.31. The number of hydrogen-bond acceptors (Lipinski definition) is 34. The predicted molar refractivity (Wildman–Crippen MR) is 209 cm³/mol. The molecule has 424 valence electrons. The molecule has 34 heteroatoms. The Morgan fingerprint density at radius 2 is 0.583 bits per heavy atom. The molecule has 4 unspecified atom stereocenters. The van der Waals surface area contributed by atoms with E-state index in [1.807, 2.05) is 0 Å². The van der Waals surface area contributed by atoms with Crippen molar-refractivity contribution < 1.29 is 171 Å². The van der Waals surface area contributed by atoms with Crippen molar-refractivity contribution in [3.8, 4) is 0 Å². The molecule has 22 N–H and O–H groups in total. The summed E-state index contributed by atoms with van der Waals surface area (Å²) in [6.07, 6.45) is -32.3. The van der Waals surface area contributed by atoms with E-state index in [0.717, 1.165) is 0 Å². The monoisotopic (exact) mass is 1060 g/mol. The summed E-state index contributed by atoms with van der Waals surface area (Å²) in [4.78, 5) is 42.8. The molecule has 72 heavy (non-hydrogen) atoms. The summed E-state index contributed by atoms with van der Waals surface area (Å²) in [5.41, 5.74) is 0. The molecule has 34 nitrogen and oxygen atoms in total. The third-order valence-electron chi connectivity index (χ3n) is 11.9. The molecule has 0 aromatic rings. The molecule has 4 aliphatic heterocycles. The van der Waals surface area contributed by atoms with Crippen LogP contribution in [0.1, 0.15) is 39.5 Å². The molecule has 0 bridgehead atoms. The maximum atomic E-state index is 10.7. The zero-order chi connectivity index (χ0) is 56.3. The smallest absolute Gasteiger partial charge is 0.210 e. The van der Waals surface area contributed by atoms with E-state index < -0.39 is 221 Å². The van der Waals surface area contributed by atoms with Gasteiger partial charge in [0, 0.05) is 37.5 Å². The van der Waals surface area contributed by atoms with Crippen LogP contribution in [0.15, 0.2) is 0 Å². The van der Waals surface area contributed by atoms with Gasteiger partial charge in [-0.2, -0.15) is 0 Å². The number of aliphatic hydroxyl groups is 22. The number of aliphatic carboxylic acids is 4. The Morgan fingerprint density at radius 1 is 0.403 bits per heavy atom. The lowest BCUT2D eigenvalue weighted by Crippen LogP contribution is -2.65. The highest BCUT2D eigenvalue weighted by Gasteiger charge is 2.53. The van der Waals surface area contributed by atoms with Gasteiger partial charge >= 0.3 is 0 Å². The minimum Gasteiger partial charge on any atom is -0.544 e. The third-order valence-corrected chi connectivity index (χ3v) is 11.9. The maximum absolute atomic E-state index is 10.7. The minimum absolute atomic E-state index is 0.602. The predicted octanol–water partition coefficient (Wildman–Crippen LogP) is -18.9. The van der Waals surface area contributed by atoms with Gasteiger partial charge in [-0.3, -0.25) is 0 Å². The summed E-state index contributed by atoms with van der Waals surface area (Å²) in [5, 5.41) is 248. The Bertz CT molecular complexity index is 1470. The first kappa shape index (κ1) is 66.9. The molecular weight excluding hydrogens is 1000 g/mol. The Kier molecular flexibility index (Phi) is 25.6. The molecule has 4 heterocycles. The second-order valence-corrected chi connectivity index (χ2v) is 17.4. The van der Waals surface area contributed by atoms with Crippen LogP contribution in [-0.4, -0.2) is 296 Å². The van der Waals surface area contributed by atoms with Gasteiger partial charge in [-0.1, -0.05) is 13.8 Å². The van der Waals surface area contributed by atoms with Gasteiger partial charge in [-0.05, 0) is 0 Å². The lowest BCUT2D eigenvalue weighted by molar-refractivity contribution is -0.380. The van der Waals surface area contributed by atoms with E-state index in [4.69, 9.17) is 29.9 Å². The normalized spacial score (nSPS) is 40.2. The van der Waals surface area contributed by atoms with Crippen molar-refractivity contribution in [3.05, 3.63) is 0 Å². The average molecular weight is 1060 g/mol. The van der Waals surface area contributed by atoms with Crippen LogP contribution < -0.4 is 20.4 Å². The minimum atomic E-state index is -2.89. The number of hydrogen-bond donors (Lipinski definition) is 22. The number of rotatable bonds is 16. The molecule has 4 aliphatic rings. The number of aliphatic hydroxyl groups excluding tert-OH is 18. The molecule has 0 saturated carbocycles. The fourth-order valence-electron chi connectivity index (χ4n) is 7.21. The molecule has 0 spiro atoms. The van der Waals surface area contributed by atoms with Gasteiger partial charge in [0.05, 0.1) is 63.1 Å². The van der Waals surface area contributed by atoms with E-state index in [1.54, 1.807) is 0 Å². The van der Waals surface area contributed by atoms with E-state index in [-0.39, 0.29) is 0 Å². The highest BCUT2D eigenvalue weighted by molar-refractivity contribution is 5.74. The molecule has 24 atom stereocenters. The van der Waals surface area contributed by atoms with Gasteiger partial charge in [-0.25, -0.2) is 0 Å². The molecule has 0 aliphatic carbocycles. The summed E-state index contributed by atoms with van der Waals surface area (Å²) in [6.45, 7) is -0.391. The van der Waals surface area contributed by atoms with Crippen molar-refractivity contribution in [1.29, 1.82) is 0 Å². The fourth-order valence-corrected chi connectivity index (χ4v) is 7.21. The van der Waals surface area contributed by atoms with Gasteiger partial charge in [-0.15, -0.1) is 0 Å². The zero-order valence-electron chi connectivity index (χ0n) is 37.9. The van der Waals surface area contributed by atoms with Gasteiger partial charge in [0.2, 0.25) is 23.1 Å². The van der Waals surface area contributed by atoms with Crippen LogP contribution in [0, 0.1) is 11.8 Å². The Morgan fingerprint density at radius 3 is 0.778 bits per heavy atom. The van der Waals surface area contributed by atoms with Crippen LogP contribution in [0.5, 0.6) is 0 Å². The van der Waals surface area contributed by atoms with E-state index in [2.05, 4.69) is 9.47 Å². The second-order valence-electron chi connectivity index (χ2n) is 17.4. The summed E-state index contributed by atoms with van der Waals surface area (Å²) in [7, 11) is 0. The lowest BCUT2D eigenvalue weighted by atomic mass is 9.85. The number of carbonyl (C=O) groups excluding carboxylic acids is 4. The first-order valence-corrected chi connectivity index (χ1v) is 21.3. The number of carbonyl (C=O) groups is 4. The molecule has 0 aromatic carbocycles. The Balaban J connectivity index is 0.000000480. The maximum Gasteiger partial charge on any atom is 0.210 e. The first-order chi connectivity index (χ1) is 32.9. The number of carboxylic acid groups (broad SMARTS) is 4. The van der Waals surface area contributed by atoms with E-state index in [1.165, 1.54) is 13.8 Å².